The molecule has 0 N–H and O–H groups in total. The summed E-state index contributed by atoms with van der Waals surface area (Å²) >= 11 is 11.0. The maximum atomic E-state index is 12.2. The van der Waals surface area contributed by atoms with Crippen molar-refractivity contribution in [3.8, 4) is 11.5 Å². The number of imide groups is 1. The Morgan fingerprint density at radius 3 is 2.00 bits per heavy atom. The molecular weight excluding hydrogens is 349 g/mol. The second kappa shape index (κ2) is 10.0. The van der Waals surface area contributed by atoms with E-state index >= 15 is 0 Å². The molecule has 0 saturated carbocycles. The molecule has 0 aromatic heterocycles. The third kappa shape index (κ3) is 5.37. The number of carbonyl (C=O) groups is 2. The lowest BCUT2D eigenvalue weighted by Gasteiger charge is -2.21. The molecule has 1 rings (SSSR count). The first-order chi connectivity index (χ1) is 11.1. The molecule has 0 unspecified atom stereocenters. The molecule has 0 fully saturated rings. The maximum absolute atomic E-state index is 12.2. The number of anilines is 1. The summed E-state index contributed by atoms with van der Waals surface area (Å²) in [5.41, 5.74) is 0.146. The van der Waals surface area contributed by atoms with Crippen molar-refractivity contribution in [1.82, 2.24) is 0 Å². The number of alkyl halides is 2. The Morgan fingerprint density at radius 2 is 1.57 bits per heavy atom. The van der Waals surface area contributed by atoms with E-state index < -0.39 is 12.2 Å². The molecular formula is C14H17Cl2NO6. The van der Waals surface area contributed by atoms with E-state index in [0.717, 1.165) is 0 Å². The Balaban J connectivity index is 3.16. The summed E-state index contributed by atoms with van der Waals surface area (Å²) in [5, 5.41) is 0. The van der Waals surface area contributed by atoms with Crippen molar-refractivity contribution in [2.75, 3.05) is 44.1 Å². The molecule has 0 bridgehead atoms. The predicted molar refractivity (Wildman–Crippen MR) is 86.2 cm³/mol. The van der Waals surface area contributed by atoms with Crippen LogP contribution in [0.4, 0.5) is 15.3 Å². The average molecular weight is 366 g/mol. The standard InChI is InChI=1S/C14H17Cl2NO6/c1-20-10-3-4-11(12(9-10)21-2)17(13(18)22-7-5-15)14(19)23-8-6-16/h3-4,9H,5-8H2,1-2H3. The van der Waals surface area contributed by atoms with E-state index in [2.05, 4.69) is 0 Å². The minimum Gasteiger partial charge on any atom is -0.497 e. The SMILES string of the molecule is COc1ccc(N(C(=O)OCCCl)C(=O)OCCCl)c(OC)c1. The minimum atomic E-state index is -0.936. The van der Waals surface area contributed by atoms with Crippen LogP contribution in [0.5, 0.6) is 11.5 Å². The van der Waals surface area contributed by atoms with Gasteiger partial charge >= 0.3 is 12.2 Å². The van der Waals surface area contributed by atoms with Crippen molar-refractivity contribution in [3.63, 3.8) is 0 Å². The van der Waals surface area contributed by atoms with Gasteiger partial charge in [-0.05, 0) is 12.1 Å². The topological polar surface area (TPSA) is 74.3 Å². The lowest BCUT2D eigenvalue weighted by molar-refractivity contribution is 0.141. The van der Waals surface area contributed by atoms with Gasteiger partial charge in [0.2, 0.25) is 0 Å². The smallest absolute Gasteiger partial charge is 0.424 e. The summed E-state index contributed by atoms with van der Waals surface area (Å²) in [6.45, 7) is -0.115. The van der Waals surface area contributed by atoms with Gasteiger partial charge in [-0.2, -0.15) is 4.90 Å². The van der Waals surface area contributed by atoms with Gasteiger partial charge in [-0.1, -0.05) is 0 Å². The maximum Gasteiger partial charge on any atom is 0.424 e. The Hall–Kier alpha value is -1.86. The van der Waals surface area contributed by atoms with Gasteiger partial charge in [-0.25, -0.2) is 9.59 Å². The van der Waals surface area contributed by atoms with E-state index in [4.69, 9.17) is 42.1 Å². The molecule has 23 heavy (non-hydrogen) atoms. The van der Waals surface area contributed by atoms with Crippen LogP contribution in [0.25, 0.3) is 0 Å². The van der Waals surface area contributed by atoms with Gasteiger partial charge in [-0.15, -0.1) is 23.2 Å². The highest BCUT2D eigenvalue weighted by atomic mass is 35.5. The van der Waals surface area contributed by atoms with Gasteiger partial charge in [0.15, 0.2) is 0 Å². The summed E-state index contributed by atoms with van der Waals surface area (Å²) in [6, 6.07) is 4.56. The van der Waals surface area contributed by atoms with Crippen LogP contribution in [-0.4, -0.2) is 51.4 Å². The largest absolute Gasteiger partial charge is 0.497 e. The zero-order chi connectivity index (χ0) is 17.2. The molecule has 7 nitrogen and oxygen atoms in total. The molecule has 0 atom stereocenters. The number of benzene rings is 1. The molecule has 2 amide bonds. The number of ether oxygens (including phenoxy) is 4. The van der Waals surface area contributed by atoms with Crippen LogP contribution in [0, 0.1) is 0 Å². The molecule has 0 spiro atoms. The predicted octanol–water partition coefficient (Wildman–Crippen LogP) is 3.26. The van der Waals surface area contributed by atoms with Crippen LogP contribution in [0.1, 0.15) is 0 Å². The Morgan fingerprint density at radius 1 is 1.00 bits per heavy atom. The highest BCUT2D eigenvalue weighted by Gasteiger charge is 2.29. The molecule has 9 heteroatoms. The van der Waals surface area contributed by atoms with Gasteiger partial charge in [-0.3, -0.25) is 0 Å². The Kier molecular flexibility index (Phi) is 8.36. The summed E-state index contributed by atoms with van der Waals surface area (Å²) in [5.74, 6) is 0.912. The van der Waals surface area contributed by atoms with Gasteiger partial charge in [0, 0.05) is 6.07 Å². The molecule has 0 aliphatic carbocycles. The van der Waals surface area contributed by atoms with Crippen molar-refractivity contribution in [1.29, 1.82) is 0 Å². The second-order valence-corrected chi connectivity index (χ2v) is 4.74. The molecule has 1 aromatic rings. The molecule has 0 saturated heterocycles. The summed E-state index contributed by atoms with van der Waals surface area (Å²) in [7, 11) is 2.88. The number of amides is 2. The number of rotatable bonds is 7. The fourth-order valence-corrected chi connectivity index (χ4v) is 1.78. The molecule has 0 aliphatic heterocycles. The average Bonchev–Trinajstić information content (AvgIpc) is 2.58. The molecule has 0 aliphatic rings. The van der Waals surface area contributed by atoms with Crippen LogP contribution >= 0.6 is 23.2 Å². The summed E-state index contributed by atoms with van der Waals surface area (Å²) < 4.78 is 20.1. The first-order valence-electron chi connectivity index (χ1n) is 6.56. The highest BCUT2D eigenvalue weighted by molar-refractivity contribution is 6.18. The number of hydrogen-bond donors (Lipinski definition) is 0. The normalized spacial score (nSPS) is 9.91. The van der Waals surface area contributed by atoms with Crippen LogP contribution in [0.2, 0.25) is 0 Å². The minimum absolute atomic E-state index is 0.0574. The second-order valence-electron chi connectivity index (χ2n) is 3.98. The van der Waals surface area contributed by atoms with E-state index in [1.807, 2.05) is 0 Å². The molecule has 1 aromatic carbocycles. The fraction of sp³-hybridized carbons (Fsp3) is 0.429. The first kappa shape index (κ1) is 19.2. The van der Waals surface area contributed by atoms with Crippen molar-refractivity contribution < 1.29 is 28.5 Å². The van der Waals surface area contributed by atoms with E-state index in [1.54, 1.807) is 6.07 Å². The zero-order valence-corrected chi connectivity index (χ0v) is 14.2. The molecule has 0 radical (unpaired) electrons. The third-order valence-electron chi connectivity index (χ3n) is 2.60. The van der Waals surface area contributed by atoms with Crippen molar-refractivity contribution >= 4 is 41.1 Å². The first-order valence-corrected chi connectivity index (χ1v) is 7.63. The van der Waals surface area contributed by atoms with E-state index in [1.165, 1.54) is 26.4 Å². The van der Waals surface area contributed by atoms with Crippen LogP contribution in [0.3, 0.4) is 0 Å². The van der Waals surface area contributed by atoms with Gasteiger partial charge in [0.05, 0.1) is 26.0 Å². The Labute approximate surface area is 143 Å². The van der Waals surface area contributed by atoms with Crippen molar-refractivity contribution in [2.45, 2.75) is 0 Å². The van der Waals surface area contributed by atoms with Gasteiger partial charge < -0.3 is 18.9 Å². The van der Waals surface area contributed by atoms with E-state index in [9.17, 15) is 9.59 Å². The number of halogens is 2. The highest BCUT2D eigenvalue weighted by Crippen LogP contribution is 2.33. The van der Waals surface area contributed by atoms with Crippen LogP contribution < -0.4 is 14.4 Å². The van der Waals surface area contributed by atoms with Gasteiger partial charge in [0.1, 0.15) is 30.4 Å². The fourth-order valence-electron chi connectivity index (χ4n) is 1.62. The van der Waals surface area contributed by atoms with E-state index in [0.29, 0.717) is 10.6 Å². The lowest BCUT2D eigenvalue weighted by atomic mass is 10.2. The van der Waals surface area contributed by atoms with Crippen molar-refractivity contribution in [2.24, 2.45) is 0 Å². The molecule has 0 heterocycles. The number of methoxy groups -OCH3 is 2. The van der Waals surface area contributed by atoms with E-state index in [-0.39, 0.29) is 36.4 Å². The lowest BCUT2D eigenvalue weighted by Crippen LogP contribution is -2.38. The quantitative estimate of drug-likeness (QED) is 0.690. The molecule has 128 valence electrons. The van der Waals surface area contributed by atoms with Crippen molar-refractivity contribution in [3.05, 3.63) is 18.2 Å². The van der Waals surface area contributed by atoms with Crippen LogP contribution in [-0.2, 0) is 9.47 Å². The Bertz CT molecular complexity index is 520. The summed E-state index contributed by atoms with van der Waals surface area (Å²) in [4.78, 5) is 25.0. The zero-order valence-electron chi connectivity index (χ0n) is 12.7. The number of nitrogens with zero attached hydrogens (tertiary/aromatic N) is 1. The number of hydrogen-bond acceptors (Lipinski definition) is 6. The summed E-state index contributed by atoms with van der Waals surface area (Å²) in [6.07, 6.45) is -1.87. The van der Waals surface area contributed by atoms with Crippen LogP contribution in [0.15, 0.2) is 18.2 Å². The third-order valence-corrected chi connectivity index (χ3v) is 2.91. The number of carbonyl (C=O) groups excluding carboxylic acids is 2. The monoisotopic (exact) mass is 365 g/mol. The van der Waals surface area contributed by atoms with Gasteiger partial charge in [0.25, 0.3) is 0 Å².